The third-order valence-corrected chi connectivity index (χ3v) is 6.43. The quantitative estimate of drug-likeness (QED) is 0.295. The molecule has 0 saturated heterocycles. The Labute approximate surface area is 225 Å². The molecule has 2 aromatic heterocycles. The highest BCUT2D eigenvalue weighted by Crippen LogP contribution is 2.35. The van der Waals surface area contributed by atoms with Gasteiger partial charge in [0.1, 0.15) is 0 Å². The number of pyridine rings is 1. The molecule has 4 rings (SSSR count). The van der Waals surface area contributed by atoms with Crippen molar-refractivity contribution in [2.45, 2.75) is 26.1 Å². The number of alkyl halides is 3. The van der Waals surface area contributed by atoms with Gasteiger partial charge in [-0.1, -0.05) is 56.3 Å². The largest absolute Gasteiger partial charge is 0.416 e. The van der Waals surface area contributed by atoms with E-state index < -0.39 is 22.7 Å². The molecule has 10 heteroatoms. The Hall–Kier alpha value is -3.69. The van der Waals surface area contributed by atoms with E-state index >= 15 is 0 Å². The van der Waals surface area contributed by atoms with Crippen LogP contribution in [-0.4, -0.2) is 21.1 Å². The molecule has 0 amide bonds. The van der Waals surface area contributed by atoms with Crippen LogP contribution in [0.2, 0.25) is 0 Å². The average molecular weight is 544 g/mol. The van der Waals surface area contributed by atoms with E-state index in [4.69, 9.17) is 10.7 Å². The van der Waals surface area contributed by atoms with Crippen LogP contribution >= 0.6 is 12.4 Å². The lowest BCUT2D eigenvalue weighted by Gasteiger charge is -2.32. The maximum Gasteiger partial charge on any atom is 0.416 e. The van der Waals surface area contributed by atoms with Gasteiger partial charge in [-0.05, 0) is 35.4 Å². The number of anilines is 1. The zero-order chi connectivity index (χ0) is 26.8. The SMILES string of the molecule is Cl.Cn1c(NCC(C)(C)C(N)c2ccccc2)nc(-c2ccncc2)c(-c2cccc(C(F)(F)F)c2)c1=O. The molecule has 0 spiro atoms. The molecule has 1 unspecified atom stereocenters. The van der Waals surface area contributed by atoms with E-state index in [-0.39, 0.29) is 41.2 Å². The van der Waals surface area contributed by atoms with E-state index in [9.17, 15) is 18.0 Å². The van der Waals surface area contributed by atoms with Crippen LogP contribution in [0.1, 0.15) is 31.0 Å². The van der Waals surface area contributed by atoms with Crippen LogP contribution < -0.4 is 16.6 Å². The minimum absolute atomic E-state index is 0. The van der Waals surface area contributed by atoms with Crippen LogP contribution in [0.4, 0.5) is 19.1 Å². The highest BCUT2D eigenvalue weighted by atomic mass is 35.5. The summed E-state index contributed by atoms with van der Waals surface area (Å²) >= 11 is 0. The summed E-state index contributed by atoms with van der Waals surface area (Å²) in [6.45, 7) is 4.41. The molecule has 0 bridgehead atoms. The van der Waals surface area contributed by atoms with Crippen LogP contribution in [0, 0.1) is 5.41 Å². The minimum atomic E-state index is -4.55. The monoisotopic (exact) mass is 543 g/mol. The summed E-state index contributed by atoms with van der Waals surface area (Å²) in [6.07, 6.45) is -1.46. The van der Waals surface area contributed by atoms with Crippen LogP contribution in [0.25, 0.3) is 22.4 Å². The molecule has 6 nitrogen and oxygen atoms in total. The van der Waals surface area contributed by atoms with Crippen LogP contribution in [0.3, 0.4) is 0 Å². The fourth-order valence-electron chi connectivity index (χ4n) is 4.12. The van der Waals surface area contributed by atoms with E-state index in [0.29, 0.717) is 12.1 Å². The van der Waals surface area contributed by atoms with Crippen molar-refractivity contribution in [2.24, 2.45) is 18.2 Å². The second-order valence-corrected chi connectivity index (χ2v) is 9.57. The Morgan fingerprint density at radius 2 is 1.63 bits per heavy atom. The lowest BCUT2D eigenvalue weighted by molar-refractivity contribution is -0.137. The summed E-state index contributed by atoms with van der Waals surface area (Å²) in [5.41, 5.74) is 6.81. The first kappa shape index (κ1) is 28.9. The minimum Gasteiger partial charge on any atom is -0.355 e. The van der Waals surface area contributed by atoms with Gasteiger partial charge in [-0.3, -0.25) is 14.3 Å². The smallest absolute Gasteiger partial charge is 0.355 e. The molecule has 0 aliphatic heterocycles. The fraction of sp³-hybridized carbons (Fsp3) is 0.250. The first-order valence-corrected chi connectivity index (χ1v) is 11.7. The average Bonchev–Trinajstić information content (AvgIpc) is 2.89. The van der Waals surface area contributed by atoms with Gasteiger partial charge >= 0.3 is 6.18 Å². The molecule has 200 valence electrons. The topological polar surface area (TPSA) is 85.8 Å². The third-order valence-electron chi connectivity index (χ3n) is 6.43. The lowest BCUT2D eigenvalue weighted by atomic mass is 9.81. The number of nitrogens with zero attached hydrogens (tertiary/aromatic N) is 3. The highest BCUT2D eigenvalue weighted by molar-refractivity contribution is 5.85. The van der Waals surface area contributed by atoms with Gasteiger partial charge in [0.25, 0.3) is 5.56 Å². The predicted octanol–water partition coefficient (Wildman–Crippen LogP) is 6.09. The number of halogens is 4. The zero-order valence-corrected chi connectivity index (χ0v) is 22.0. The molecular formula is C28H29ClF3N5O. The van der Waals surface area contributed by atoms with Crippen LogP contribution in [-0.2, 0) is 13.2 Å². The van der Waals surface area contributed by atoms with Crippen molar-refractivity contribution in [1.82, 2.24) is 14.5 Å². The molecular weight excluding hydrogens is 515 g/mol. The van der Waals surface area contributed by atoms with Crippen molar-refractivity contribution < 1.29 is 13.2 Å². The molecule has 0 aliphatic carbocycles. The maximum absolute atomic E-state index is 13.6. The van der Waals surface area contributed by atoms with Crippen LogP contribution in [0.15, 0.2) is 83.9 Å². The standard InChI is InChI=1S/C28H28F3N5O.ClH/c1-27(2,24(32)19-8-5-4-6-9-19)17-34-26-35-23(18-12-14-33-15-13-18)22(25(37)36(26)3)20-10-7-11-21(16-20)28(29,30)31;/h4-16,24H,17,32H2,1-3H3,(H,34,35);1H. The van der Waals surface area contributed by atoms with Gasteiger partial charge in [-0.2, -0.15) is 13.2 Å². The summed E-state index contributed by atoms with van der Waals surface area (Å²) in [4.78, 5) is 22.3. The number of hydrogen-bond donors (Lipinski definition) is 2. The number of aromatic nitrogens is 3. The molecule has 0 saturated carbocycles. The number of hydrogen-bond acceptors (Lipinski definition) is 5. The third kappa shape index (κ3) is 6.06. The van der Waals surface area contributed by atoms with Crippen molar-refractivity contribution in [2.75, 3.05) is 11.9 Å². The van der Waals surface area contributed by atoms with Crippen LogP contribution in [0.5, 0.6) is 0 Å². The highest BCUT2D eigenvalue weighted by Gasteiger charge is 2.32. The molecule has 38 heavy (non-hydrogen) atoms. The van der Waals surface area contributed by atoms with Gasteiger partial charge in [0, 0.05) is 43.0 Å². The Kier molecular flexibility index (Phi) is 8.64. The van der Waals surface area contributed by atoms with Gasteiger partial charge in [-0.25, -0.2) is 4.98 Å². The predicted molar refractivity (Wildman–Crippen MR) is 146 cm³/mol. The van der Waals surface area contributed by atoms with E-state index in [0.717, 1.165) is 17.7 Å². The van der Waals surface area contributed by atoms with Crippen molar-refractivity contribution in [1.29, 1.82) is 0 Å². The summed E-state index contributed by atoms with van der Waals surface area (Å²) in [7, 11) is 1.54. The molecule has 2 heterocycles. The first-order chi connectivity index (χ1) is 17.5. The van der Waals surface area contributed by atoms with E-state index in [1.807, 2.05) is 44.2 Å². The molecule has 2 aromatic carbocycles. The fourth-order valence-corrected chi connectivity index (χ4v) is 4.12. The van der Waals surface area contributed by atoms with Gasteiger partial charge < -0.3 is 11.1 Å². The van der Waals surface area contributed by atoms with Crippen molar-refractivity contribution in [3.05, 3.63) is 101 Å². The van der Waals surface area contributed by atoms with Crippen molar-refractivity contribution >= 4 is 18.4 Å². The summed E-state index contributed by atoms with van der Waals surface area (Å²) in [5, 5.41) is 3.25. The Morgan fingerprint density at radius 1 is 0.974 bits per heavy atom. The van der Waals surface area contributed by atoms with Crippen molar-refractivity contribution in [3.8, 4) is 22.4 Å². The van der Waals surface area contributed by atoms with Gasteiger partial charge in [-0.15, -0.1) is 12.4 Å². The van der Waals surface area contributed by atoms with E-state index in [1.54, 1.807) is 24.5 Å². The molecule has 1 atom stereocenters. The summed E-state index contributed by atoms with van der Waals surface area (Å²) < 4.78 is 41.6. The molecule has 0 aliphatic rings. The first-order valence-electron chi connectivity index (χ1n) is 11.7. The summed E-state index contributed by atoms with van der Waals surface area (Å²) in [5.74, 6) is 0.279. The Morgan fingerprint density at radius 3 is 2.26 bits per heavy atom. The number of benzene rings is 2. The lowest BCUT2D eigenvalue weighted by Crippen LogP contribution is -2.36. The Balaban J connectivity index is 0.00000400. The molecule has 0 fully saturated rings. The maximum atomic E-state index is 13.6. The van der Waals surface area contributed by atoms with Gasteiger partial charge in [0.2, 0.25) is 5.95 Å². The molecule has 4 aromatic rings. The van der Waals surface area contributed by atoms with E-state index in [2.05, 4.69) is 10.3 Å². The zero-order valence-electron chi connectivity index (χ0n) is 21.2. The Bertz CT molecular complexity index is 1440. The molecule has 3 N–H and O–H groups in total. The molecule has 0 radical (unpaired) electrons. The number of nitrogens with two attached hydrogens (primary N) is 1. The summed E-state index contributed by atoms with van der Waals surface area (Å²) in [6, 6.07) is 17.5. The number of nitrogens with one attached hydrogen (secondary N) is 1. The van der Waals surface area contributed by atoms with Gasteiger partial charge in [0.05, 0.1) is 16.8 Å². The van der Waals surface area contributed by atoms with Crippen molar-refractivity contribution in [3.63, 3.8) is 0 Å². The second kappa shape index (κ2) is 11.4. The number of rotatable bonds is 7. The second-order valence-electron chi connectivity index (χ2n) is 9.57. The van der Waals surface area contributed by atoms with E-state index in [1.165, 1.54) is 23.7 Å². The normalized spacial score (nSPS) is 12.5. The van der Waals surface area contributed by atoms with Gasteiger partial charge in [0.15, 0.2) is 0 Å².